The average molecular weight is 424 g/mol. The standard InChI is InChI=1S/C21H33N3O4S/c1-15(2)9-14-24-17-10-12-23(21(25)22-16(3)4)13-11-18(17)28-19-7-5-6-8-20(19)29(24,26)27/h5-8,15-18H,9-14H2,1-4H3,(H,22,25)/t17-,18-/m0/s1. The minimum Gasteiger partial charge on any atom is -0.487 e. The molecule has 1 aromatic carbocycles. The van der Waals surface area contributed by atoms with E-state index in [0.29, 0.717) is 44.1 Å². The molecule has 0 bridgehead atoms. The van der Waals surface area contributed by atoms with Crippen molar-refractivity contribution in [2.24, 2.45) is 5.92 Å². The highest BCUT2D eigenvalue weighted by Gasteiger charge is 2.43. The first-order valence-corrected chi connectivity index (χ1v) is 12.0. The molecule has 1 saturated heterocycles. The molecule has 162 valence electrons. The predicted molar refractivity (Wildman–Crippen MR) is 112 cm³/mol. The highest BCUT2D eigenvalue weighted by Crippen LogP contribution is 2.36. The lowest BCUT2D eigenvalue weighted by molar-refractivity contribution is 0.111. The van der Waals surface area contributed by atoms with Gasteiger partial charge < -0.3 is 15.0 Å². The highest BCUT2D eigenvalue weighted by molar-refractivity contribution is 7.89. The van der Waals surface area contributed by atoms with Gasteiger partial charge in [0.2, 0.25) is 10.0 Å². The predicted octanol–water partition coefficient (Wildman–Crippen LogP) is 3.07. The molecule has 7 nitrogen and oxygen atoms in total. The fourth-order valence-electron chi connectivity index (χ4n) is 3.97. The van der Waals surface area contributed by atoms with Crippen molar-refractivity contribution in [1.82, 2.24) is 14.5 Å². The van der Waals surface area contributed by atoms with Gasteiger partial charge in [-0.05, 0) is 44.7 Å². The summed E-state index contributed by atoms with van der Waals surface area (Å²) in [7, 11) is -3.67. The van der Waals surface area contributed by atoms with Crippen molar-refractivity contribution >= 4 is 16.1 Å². The molecule has 3 rings (SSSR count). The fraction of sp³-hybridized carbons (Fsp3) is 0.667. The van der Waals surface area contributed by atoms with Crippen LogP contribution >= 0.6 is 0 Å². The number of rotatable bonds is 4. The Balaban J connectivity index is 1.92. The normalized spacial score (nSPS) is 24.3. The second kappa shape index (κ2) is 8.92. The van der Waals surface area contributed by atoms with Crippen molar-refractivity contribution in [3.8, 4) is 5.75 Å². The second-order valence-corrected chi connectivity index (χ2v) is 10.5. The Bertz CT molecular complexity index is 825. The summed E-state index contributed by atoms with van der Waals surface area (Å²) in [5, 5.41) is 2.93. The molecular weight excluding hydrogens is 390 g/mol. The minimum atomic E-state index is -3.67. The smallest absolute Gasteiger partial charge is 0.317 e. The SMILES string of the molecule is CC(C)CCN1[C@H]2CCN(C(=O)NC(C)C)CC[C@@H]2Oc2ccccc2S1(=O)=O. The number of carbonyl (C=O) groups is 1. The molecule has 8 heteroatoms. The lowest BCUT2D eigenvalue weighted by Crippen LogP contribution is -2.47. The highest BCUT2D eigenvalue weighted by atomic mass is 32.2. The third kappa shape index (κ3) is 4.86. The molecule has 2 atom stereocenters. The van der Waals surface area contributed by atoms with Gasteiger partial charge in [-0.25, -0.2) is 13.2 Å². The van der Waals surface area contributed by atoms with Gasteiger partial charge in [0.15, 0.2) is 0 Å². The number of sulfonamides is 1. The van der Waals surface area contributed by atoms with Crippen molar-refractivity contribution in [3.05, 3.63) is 24.3 Å². The Morgan fingerprint density at radius 3 is 2.55 bits per heavy atom. The summed E-state index contributed by atoms with van der Waals surface area (Å²) in [6, 6.07) is 6.55. The molecule has 2 aliphatic rings. The van der Waals surface area contributed by atoms with Crippen LogP contribution in [0.5, 0.6) is 5.75 Å². The monoisotopic (exact) mass is 423 g/mol. The van der Waals surface area contributed by atoms with Gasteiger partial charge in [0.25, 0.3) is 0 Å². The van der Waals surface area contributed by atoms with Crippen molar-refractivity contribution in [3.63, 3.8) is 0 Å². The van der Waals surface area contributed by atoms with Crippen LogP contribution in [-0.2, 0) is 10.0 Å². The van der Waals surface area contributed by atoms with E-state index < -0.39 is 10.0 Å². The number of carbonyl (C=O) groups excluding carboxylic acids is 1. The number of fused-ring (bicyclic) bond motifs is 2. The van der Waals surface area contributed by atoms with E-state index in [4.69, 9.17) is 4.74 Å². The Hall–Kier alpha value is -1.80. The van der Waals surface area contributed by atoms with Gasteiger partial charge in [-0.15, -0.1) is 0 Å². The summed E-state index contributed by atoms with van der Waals surface area (Å²) >= 11 is 0. The number of benzene rings is 1. The molecule has 2 amide bonds. The summed E-state index contributed by atoms with van der Waals surface area (Å²) in [6.07, 6.45) is 1.65. The molecule has 1 fully saturated rings. The maximum atomic E-state index is 13.5. The summed E-state index contributed by atoms with van der Waals surface area (Å²) in [5.74, 6) is 0.803. The molecule has 0 aliphatic carbocycles. The van der Waals surface area contributed by atoms with Crippen molar-refractivity contribution in [2.45, 2.75) is 70.0 Å². The fourth-order valence-corrected chi connectivity index (χ4v) is 5.79. The van der Waals surface area contributed by atoms with Crippen LogP contribution in [0, 0.1) is 5.92 Å². The number of para-hydroxylation sites is 1. The van der Waals surface area contributed by atoms with Crippen LogP contribution in [0.1, 0.15) is 47.0 Å². The number of nitrogens with zero attached hydrogens (tertiary/aromatic N) is 2. The summed E-state index contributed by atoms with van der Waals surface area (Å²) in [6.45, 7) is 9.55. The average Bonchev–Trinajstić information content (AvgIpc) is 2.88. The van der Waals surface area contributed by atoms with Crippen molar-refractivity contribution in [2.75, 3.05) is 19.6 Å². The van der Waals surface area contributed by atoms with Crippen LogP contribution in [0.2, 0.25) is 0 Å². The molecule has 0 saturated carbocycles. The van der Waals surface area contributed by atoms with E-state index >= 15 is 0 Å². The number of hydrogen-bond acceptors (Lipinski definition) is 4. The molecule has 2 heterocycles. The lowest BCUT2D eigenvalue weighted by atomic mass is 10.0. The first-order valence-electron chi connectivity index (χ1n) is 10.5. The third-order valence-corrected chi connectivity index (χ3v) is 7.48. The van der Waals surface area contributed by atoms with E-state index in [1.54, 1.807) is 33.5 Å². The molecular formula is C21H33N3O4S. The van der Waals surface area contributed by atoms with E-state index in [0.717, 1.165) is 6.42 Å². The summed E-state index contributed by atoms with van der Waals surface area (Å²) in [4.78, 5) is 14.5. The molecule has 0 unspecified atom stereocenters. The Morgan fingerprint density at radius 1 is 1.17 bits per heavy atom. The third-order valence-electron chi connectivity index (χ3n) is 5.52. The molecule has 29 heavy (non-hydrogen) atoms. The van der Waals surface area contributed by atoms with E-state index in [-0.39, 0.29) is 29.1 Å². The van der Waals surface area contributed by atoms with Crippen LogP contribution < -0.4 is 10.1 Å². The van der Waals surface area contributed by atoms with Gasteiger partial charge in [0, 0.05) is 32.1 Å². The zero-order chi connectivity index (χ0) is 21.2. The minimum absolute atomic E-state index is 0.0577. The van der Waals surface area contributed by atoms with Crippen molar-refractivity contribution < 1.29 is 17.9 Å². The maximum Gasteiger partial charge on any atom is 0.317 e. The number of ether oxygens (including phenoxy) is 1. The Morgan fingerprint density at radius 2 is 1.86 bits per heavy atom. The molecule has 1 aromatic rings. The van der Waals surface area contributed by atoms with E-state index in [9.17, 15) is 13.2 Å². The van der Waals surface area contributed by atoms with Gasteiger partial charge in [-0.3, -0.25) is 0 Å². The molecule has 0 aromatic heterocycles. The number of nitrogens with one attached hydrogen (secondary N) is 1. The van der Waals surface area contributed by atoms with Crippen LogP contribution in [0.15, 0.2) is 29.2 Å². The molecule has 0 radical (unpaired) electrons. The maximum absolute atomic E-state index is 13.5. The van der Waals surface area contributed by atoms with Crippen LogP contribution in [-0.4, -0.2) is 61.5 Å². The Labute approximate surface area is 174 Å². The van der Waals surface area contributed by atoms with Crippen molar-refractivity contribution in [1.29, 1.82) is 0 Å². The summed E-state index contributed by atoms with van der Waals surface area (Å²) in [5.41, 5.74) is 0. The first kappa shape index (κ1) is 21.9. The van der Waals surface area contributed by atoms with E-state index in [1.165, 1.54) is 0 Å². The molecule has 1 N–H and O–H groups in total. The van der Waals surface area contributed by atoms with Crippen LogP contribution in [0.3, 0.4) is 0 Å². The second-order valence-electron chi connectivity index (χ2n) is 8.64. The largest absolute Gasteiger partial charge is 0.487 e. The van der Waals surface area contributed by atoms with Gasteiger partial charge in [0.05, 0.1) is 6.04 Å². The zero-order valence-electron chi connectivity index (χ0n) is 17.8. The van der Waals surface area contributed by atoms with E-state index in [1.807, 2.05) is 13.8 Å². The number of likely N-dealkylation sites (tertiary alicyclic amines) is 1. The van der Waals surface area contributed by atoms with Gasteiger partial charge >= 0.3 is 6.03 Å². The topological polar surface area (TPSA) is 79.0 Å². The first-order chi connectivity index (χ1) is 13.7. The van der Waals surface area contributed by atoms with E-state index in [2.05, 4.69) is 19.2 Å². The molecule has 2 aliphatic heterocycles. The van der Waals surface area contributed by atoms with Gasteiger partial charge in [0.1, 0.15) is 16.7 Å². The lowest BCUT2D eigenvalue weighted by Gasteiger charge is -2.32. The molecule has 0 spiro atoms. The van der Waals surface area contributed by atoms with Crippen LogP contribution in [0.4, 0.5) is 4.79 Å². The quantitative estimate of drug-likeness (QED) is 0.807. The number of hydrogen-bond donors (Lipinski definition) is 1. The van der Waals surface area contributed by atoms with Gasteiger partial charge in [-0.2, -0.15) is 4.31 Å². The Kier molecular flexibility index (Phi) is 6.73. The zero-order valence-corrected chi connectivity index (χ0v) is 18.6. The number of urea groups is 1. The number of amides is 2. The van der Waals surface area contributed by atoms with Crippen LogP contribution in [0.25, 0.3) is 0 Å². The van der Waals surface area contributed by atoms with Gasteiger partial charge in [-0.1, -0.05) is 26.0 Å². The summed E-state index contributed by atoms with van der Waals surface area (Å²) < 4.78 is 34.9.